The van der Waals surface area contributed by atoms with Crippen molar-refractivity contribution in [3.63, 3.8) is 0 Å². The Morgan fingerprint density at radius 1 is 1.29 bits per heavy atom. The van der Waals surface area contributed by atoms with Crippen LogP contribution in [0.5, 0.6) is 0 Å². The molecule has 2 bridgehead atoms. The molecule has 3 unspecified atom stereocenters. The summed E-state index contributed by atoms with van der Waals surface area (Å²) in [6.45, 7) is 6.18. The molecule has 1 amide bonds. The summed E-state index contributed by atoms with van der Waals surface area (Å²) in [5, 5.41) is 4.73. The quantitative estimate of drug-likeness (QED) is 0.838. The topological polar surface area (TPSA) is 45.2 Å². The van der Waals surface area contributed by atoms with Crippen molar-refractivity contribution < 1.29 is 4.79 Å². The number of halogens is 2. The molecule has 2 aliphatic rings. The third-order valence-corrected chi connectivity index (χ3v) is 6.57. The van der Waals surface area contributed by atoms with Gasteiger partial charge in [0.2, 0.25) is 5.91 Å². The van der Waals surface area contributed by atoms with Crippen molar-refractivity contribution in [2.45, 2.75) is 71.0 Å². The lowest BCUT2D eigenvalue weighted by molar-refractivity contribution is -0.133. The maximum atomic E-state index is 12.7. The van der Waals surface area contributed by atoms with Crippen LogP contribution in [0.2, 0.25) is 0 Å². The Hall–Kier alpha value is -0.360. The fourth-order valence-corrected chi connectivity index (χ4v) is 5.08. The summed E-state index contributed by atoms with van der Waals surface area (Å²) < 4.78 is 0. The van der Waals surface area contributed by atoms with Crippen molar-refractivity contribution in [3.05, 3.63) is 15.6 Å². The molecule has 0 spiro atoms. The number of rotatable bonds is 4. The first-order valence-corrected chi connectivity index (χ1v) is 9.21. The van der Waals surface area contributed by atoms with Crippen molar-refractivity contribution in [2.24, 2.45) is 5.92 Å². The van der Waals surface area contributed by atoms with Gasteiger partial charge in [-0.05, 0) is 52.4 Å². The van der Waals surface area contributed by atoms with Gasteiger partial charge in [0.05, 0.1) is 16.7 Å². The zero-order chi connectivity index (χ0) is 15.9. The molecule has 0 aromatic carbocycles. The monoisotopic (exact) mass is 393 g/mol. The van der Waals surface area contributed by atoms with Crippen molar-refractivity contribution in [2.75, 3.05) is 7.05 Å². The van der Waals surface area contributed by atoms with Gasteiger partial charge in [0, 0.05) is 30.4 Å². The van der Waals surface area contributed by atoms with Crippen LogP contribution in [0, 0.1) is 19.8 Å². The van der Waals surface area contributed by atoms with E-state index in [1.165, 1.54) is 30.6 Å². The summed E-state index contributed by atoms with van der Waals surface area (Å²) in [5.41, 5.74) is 1.06. The Morgan fingerprint density at radius 3 is 2.38 bits per heavy atom. The summed E-state index contributed by atoms with van der Waals surface area (Å²) in [4.78, 5) is 20.3. The molecule has 2 saturated heterocycles. The van der Waals surface area contributed by atoms with E-state index in [1.54, 1.807) is 11.3 Å². The lowest BCUT2D eigenvalue weighted by atomic mass is 9.89. The van der Waals surface area contributed by atoms with Gasteiger partial charge in [0.25, 0.3) is 0 Å². The van der Waals surface area contributed by atoms with Gasteiger partial charge in [0.1, 0.15) is 0 Å². The molecule has 0 aliphatic carbocycles. The molecule has 2 fully saturated rings. The van der Waals surface area contributed by atoms with E-state index < -0.39 is 0 Å². The van der Waals surface area contributed by atoms with Gasteiger partial charge in [-0.3, -0.25) is 4.79 Å². The fourth-order valence-electron chi connectivity index (χ4n) is 4.06. The van der Waals surface area contributed by atoms with Crippen molar-refractivity contribution in [3.8, 4) is 0 Å². The van der Waals surface area contributed by atoms with Gasteiger partial charge in [-0.15, -0.1) is 36.2 Å². The highest BCUT2D eigenvalue weighted by molar-refractivity contribution is 7.11. The first-order chi connectivity index (χ1) is 10.4. The zero-order valence-corrected chi connectivity index (χ0v) is 17.3. The molecular formula is C17H29Cl2N3OS. The Bertz CT molecular complexity index is 554. The number of carbonyl (C=O) groups is 1. The van der Waals surface area contributed by atoms with Crippen LogP contribution in [0.4, 0.5) is 0 Å². The maximum Gasteiger partial charge on any atom is 0.223 e. The lowest BCUT2D eigenvalue weighted by Crippen LogP contribution is -2.40. The average molecular weight is 394 g/mol. The number of nitrogens with zero attached hydrogens (tertiary/aromatic N) is 2. The summed E-state index contributed by atoms with van der Waals surface area (Å²) in [5.74, 6) is 0.842. The van der Waals surface area contributed by atoms with Gasteiger partial charge in [-0.1, -0.05) is 0 Å². The number of nitrogens with one attached hydrogen (secondary N) is 1. The van der Waals surface area contributed by atoms with E-state index in [0.717, 1.165) is 10.7 Å². The van der Waals surface area contributed by atoms with Crippen molar-refractivity contribution >= 4 is 42.1 Å². The van der Waals surface area contributed by atoms with Gasteiger partial charge in [-0.2, -0.15) is 0 Å². The highest BCUT2D eigenvalue weighted by atomic mass is 35.5. The van der Waals surface area contributed by atoms with Crippen LogP contribution in [-0.4, -0.2) is 34.9 Å². The van der Waals surface area contributed by atoms with E-state index in [2.05, 4.69) is 17.2 Å². The number of piperidine rings is 1. The van der Waals surface area contributed by atoms with E-state index >= 15 is 0 Å². The third kappa shape index (κ3) is 4.63. The molecule has 7 heteroatoms. The number of aryl methyl sites for hydroxylation is 2. The summed E-state index contributed by atoms with van der Waals surface area (Å²) in [6.07, 6.45) is 5.63. The summed E-state index contributed by atoms with van der Waals surface area (Å²) in [7, 11) is 1.94. The second-order valence-corrected chi connectivity index (χ2v) is 8.28. The molecule has 1 aromatic rings. The first-order valence-electron chi connectivity index (χ1n) is 8.39. The Balaban J connectivity index is 0.00000144. The Labute approximate surface area is 161 Å². The van der Waals surface area contributed by atoms with Crippen LogP contribution >= 0.6 is 36.2 Å². The molecule has 1 aromatic heterocycles. The predicted octanol–water partition coefficient (Wildman–Crippen LogP) is 4.04. The molecule has 3 rings (SSSR count). The molecule has 138 valence electrons. The SMILES string of the molecule is Cc1nc(C)c(C(C)N(C)C(=O)CC2CC3CCC(C2)N3)s1.Cl.Cl. The molecule has 3 atom stereocenters. The Kier molecular flexibility index (Phi) is 7.98. The maximum absolute atomic E-state index is 12.7. The first kappa shape index (κ1) is 21.7. The molecule has 0 radical (unpaired) electrons. The third-order valence-electron chi connectivity index (χ3n) is 5.33. The number of aromatic nitrogens is 1. The molecule has 2 aliphatic heterocycles. The lowest BCUT2D eigenvalue weighted by Gasteiger charge is -2.31. The van der Waals surface area contributed by atoms with Gasteiger partial charge in [0.15, 0.2) is 0 Å². The molecule has 1 N–H and O–H groups in total. The molecule has 0 saturated carbocycles. The number of hydrogen-bond acceptors (Lipinski definition) is 4. The second-order valence-electron chi connectivity index (χ2n) is 7.04. The minimum atomic E-state index is 0. The van der Waals surface area contributed by atoms with Crippen LogP contribution in [0.1, 0.15) is 60.6 Å². The van der Waals surface area contributed by atoms with Gasteiger partial charge >= 0.3 is 0 Å². The summed E-state index contributed by atoms with van der Waals surface area (Å²) >= 11 is 1.71. The average Bonchev–Trinajstić information content (AvgIpc) is 2.98. The van der Waals surface area contributed by atoms with Crippen LogP contribution in [0.25, 0.3) is 0 Å². The standard InChI is InChI=1S/C17H27N3OS.2ClH/c1-10-17(22-12(3)18-10)11(2)20(4)16(21)9-13-7-14-5-6-15(8-13)19-14;;/h11,13-15,19H,5-9H2,1-4H3;2*1H. The van der Waals surface area contributed by atoms with E-state index in [9.17, 15) is 4.79 Å². The van der Waals surface area contributed by atoms with Crippen LogP contribution in [0.3, 0.4) is 0 Å². The number of amides is 1. The minimum Gasteiger partial charge on any atom is -0.338 e. The normalized spacial score (nSPS) is 26.2. The van der Waals surface area contributed by atoms with E-state index in [0.29, 0.717) is 24.4 Å². The number of carbonyl (C=O) groups excluding carboxylic acids is 1. The highest BCUT2D eigenvalue weighted by Crippen LogP contribution is 2.34. The molecule has 24 heavy (non-hydrogen) atoms. The number of fused-ring (bicyclic) bond motifs is 2. The number of hydrogen-bond donors (Lipinski definition) is 1. The predicted molar refractivity (Wildman–Crippen MR) is 105 cm³/mol. The molecular weight excluding hydrogens is 365 g/mol. The fraction of sp³-hybridized carbons (Fsp3) is 0.765. The summed E-state index contributed by atoms with van der Waals surface area (Å²) in [6, 6.07) is 1.44. The van der Waals surface area contributed by atoms with Gasteiger partial charge < -0.3 is 10.2 Å². The van der Waals surface area contributed by atoms with Crippen molar-refractivity contribution in [1.29, 1.82) is 0 Å². The smallest absolute Gasteiger partial charge is 0.223 e. The zero-order valence-electron chi connectivity index (χ0n) is 14.9. The highest BCUT2D eigenvalue weighted by Gasteiger charge is 2.35. The minimum absolute atomic E-state index is 0. The van der Waals surface area contributed by atoms with Crippen molar-refractivity contribution in [1.82, 2.24) is 15.2 Å². The molecule has 4 nitrogen and oxygen atoms in total. The van der Waals surface area contributed by atoms with Gasteiger partial charge in [-0.25, -0.2) is 4.98 Å². The largest absolute Gasteiger partial charge is 0.338 e. The van der Waals surface area contributed by atoms with Crippen LogP contribution in [-0.2, 0) is 4.79 Å². The number of thiazole rings is 1. The molecule has 3 heterocycles. The van der Waals surface area contributed by atoms with Crippen LogP contribution in [0.15, 0.2) is 0 Å². The van der Waals surface area contributed by atoms with Crippen LogP contribution < -0.4 is 5.32 Å². The van der Waals surface area contributed by atoms with E-state index in [4.69, 9.17) is 0 Å². The van der Waals surface area contributed by atoms with E-state index in [-0.39, 0.29) is 36.8 Å². The van der Waals surface area contributed by atoms with E-state index in [1.807, 2.05) is 25.8 Å². The Morgan fingerprint density at radius 2 is 1.88 bits per heavy atom. The second kappa shape index (κ2) is 8.84.